The van der Waals surface area contributed by atoms with E-state index >= 15 is 0 Å². The van der Waals surface area contributed by atoms with E-state index < -0.39 is 9.84 Å². The standard InChI is InChI=1S/C21H22ClNO3S2/c1-16(14-27-21-4-2-3-13-23(21)24)15-28(25,26)20-11-7-18(8-12-20)17-5-9-19(22)10-6-17/h2-13,16,21,24H,14-15H2,1H3. The van der Waals surface area contributed by atoms with Gasteiger partial charge in [-0.15, -0.1) is 11.8 Å². The highest BCUT2D eigenvalue weighted by Gasteiger charge is 2.21. The summed E-state index contributed by atoms with van der Waals surface area (Å²) in [5.74, 6) is 0.652. The van der Waals surface area contributed by atoms with E-state index in [1.54, 1.807) is 24.4 Å². The number of hydrogen-bond donors (Lipinski definition) is 1. The second kappa shape index (κ2) is 9.18. The summed E-state index contributed by atoms with van der Waals surface area (Å²) in [5, 5.41) is 11.4. The molecule has 2 aromatic carbocycles. The molecule has 0 saturated heterocycles. The molecule has 1 N–H and O–H groups in total. The summed E-state index contributed by atoms with van der Waals surface area (Å²) in [4.78, 5) is 0.325. The Kier molecular flexibility index (Phi) is 6.88. The van der Waals surface area contributed by atoms with Crippen LogP contribution in [-0.4, -0.2) is 35.6 Å². The zero-order valence-electron chi connectivity index (χ0n) is 15.4. The zero-order valence-corrected chi connectivity index (χ0v) is 17.8. The first-order chi connectivity index (χ1) is 13.3. The van der Waals surface area contributed by atoms with Crippen LogP contribution in [0, 0.1) is 5.92 Å². The molecule has 0 aliphatic carbocycles. The van der Waals surface area contributed by atoms with Crippen molar-refractivity contribution in [1.82, 2.24) is 5.06 Å². The van der Waals surface area contributed by atoms with E-state index in [2.05, 4.69) is 0 Å². The highest BCUT2D eigenvalue weighted by molar-refractivity contribution is 8.00. The van der Waals surface area contributed by atoms with Crippen molar-refractivity contribution in [2.75, 3.05) is 11.5 Å². The lowest BCUT2D eigenvalue weighted by Gasteiger charge is -2.24. The van der Waals surface area contributed by atoms with Gasteiger partial charge in [0.25, 0.3) is 0 Å². The molecule has 0 aromatic heterocycles. The summed E-state index contributed by atoms with van der Waals surface area (Å²) < 4.78 is 25.5. The molecular weight excluding hydrogens is 414 g/mol. The van der Waals surface area contributed by atoms with Gasteiger partial charge in [0, 0.05) is 11.2 Å². The first-order valence-electron chi connectivity index (χ1n) is 8.88. The molecule has 0 radical (unpaired) electrons. The number of hydrogen-bond acceptors (Lipinski definition) is 5. The predicted octanol–water partition coefficient (Wildman–Crippen LogP) is 5.25. The normalized spacial score (nSPS) is 17.7. The lowest BCUT2D eigenvalue weighted by Crippen LogP contribution is -2.26. The first kappa shape index (κ1) is 21.0. The number of rotatable bonds is 7. The fourth-order valence-corrected chi connectivity index (χ4v) is 5.83. The van der Waals surface area contributed by atoms with Gasteiger partial charge in [-0.05, 0) is 59.2 Å². The molecule has 28 heavy (non-hydrogen) atoms. The number of thioether (sulfide) groups is 1. The van der Waals surface area contributed by atoms with Gasteiger partial charge in [-0.2, -0.15) is 0 Å². The zero-order chi connectivity index (χ0) is 20.1. The fourth-order valence-electron chi connectivity index (χ4n) is 2.88. The van der Waals surface area contributed by atoms with Crippen LogP contribution in [0.3, 0.4) is 0 Å². The Labute approximate surface area is 175 Å². The SMILES string of the molecule is CC(CSC1C=CC=CN1O)CS(=O)(=O)c1ccc(-c2ccc(Cl)cc2)cc1. The Balaban J connectivity index is 1.61. The van der Waals surface area contributed by atoms with Gasteiger partial charge >= 0.3 is 0 Å². The van der Waals surface area contributed by atoms with Crippen LogP contribution in [0.15, 0.2) is 77.9 Å². The Bertz CT molecular complexity index is 954. The number of nitrogens with zero attached hydrogens (tertiary/aromatic N) is 1. The predicted molar refractivity (Wildman–Crippen MR) is 116 cm³/mol. The molecule has 0 fully saturated rings. The maximum absolute atomic E-state index is 12.7. The Morgan fingerprint density at radius 3 is 2.29 bits per heavy atom. The van der Waals surface area contributed by atoms with Gasteiger partial charge in [0.05, 0.1) is 10.6 Å². The van der Waals surface area contributed by atoms with E-state index in [1.807, 2.05) is 55.5 Å². The molecule has 148 valence electrons. The molecule has 2 unspecified atom stereocenters. The van der Waals surface area contributed by atoms with Gasteiger partial charge in [-0.3, -0.25) is 5.21 Å². The van der Waals surface area contributed by atoms with Gasteiger partial charge in [0.1, 0.15) is 5.37 Å². The third kappa shape index (κ3) is 5.41. The number of halogens is 1. The smallest absolute Gasteiger partial charge is 0.178 e. The molecule has 1 heterocycles. The van der Waals surface area contributed by atoms with E-state index in [-0.39, 0.29) is 17.0 Å². The van der Waals surface area contributed by atoms with Crippen molar-refractivity contribution in [3.05, 3.63) is 78.0 Å². The van der Waals surface area contributed by atoms with Crippen LogP contribution in [0.1, 0.15) is 6.92 Å². The topological polar surface area (TPSA) is 57.6 Å². The summed E-state index contributed by atoms with van der Waals surface area (Å²) in [6, 6.07) is 14.4. The van der Waals surface area contributed by atoms with Gasteiger partial charge in [0.2, 0.25) is 0 Å². The van der Waals surface area contributed by atoms with Crippen LogP contribution in [0.2, 0.25) is 5.02 Å². The summed E-state index contributed by atoms with van der Waals surface area (Å²) in [6.45, 7) is 1.91. The Morgan fingerprint density at radius 2 is 1.68 bits per heavy atom. The lowest BCUT2D eigenvalue weighted by molar-refractivity contribution is -0.0408. The first-order valence-corrected chi connectivity index (χ1v) is 12.0. The molecule has 0 saturated carbocycles. The van der Waals surface area contributed by atoms with Gasteiger partial charge in [-0.25, -0.2) is 13.5 Å². The molecule has 7 heteroatoms. The van der Waals surface area contributed by atoms with Crippen molar-refractivity contribution in [2.45, 2.75) is 17.2 Å². The molecule has 0 amide bonds. The van der Waals surface area contributed by atoms with Gasteiger partial charge < -0.3 is 0 Å². The van der Waals surface area contributed by atoms with Crippen molar-refractivity contribution in [3.8, 4) is 11.1 Å². The molecule has 4 nitrogen and oxygen atoms in total. The van der Waals surface area contributed by atoms with E-state index in [0.717, 1.165) is 16.2 Å². The van der Waals surface area contributed by atoms with Crippen molar-refractivity contribution >= 4 is 33.2 Å². The molecular formula is C21H22ClNO3S2. The molecule has 0 spiro atoms. The molecule has 2 aromatic rings. The maximum atomic E-state index is 12.7. The van der Waals surface area contributed by atoms with Crippen molar-refractivity contribution in [1.29, 1.82) is 0 Å². The molecule has 0 bridgehead atoms. The van der Waals surface area contributed by atoms with Crippen LogP contribution in [-0.2, 0) is 9.84 Å². The number of hydroxylamine groups is 2. The number of allylic oxidation sites excluding steroid dienone is 2. The van der Waals surface area contributed by atoms with E-state index in [4.69, 9.17) is 11.6 Å². The fraction of sp³-hybridized carbons (Fsp3) is 0.238. The number of benzene rings is 2. The molecule has 1 aliphatic rings. The van der Waals surface area contributed by atoms with E-state index in [1.165, 1.54) is 11.8 Å². The van der Waals surface area contributed by atoms with E-state index in [0.29, 0.717) is 15.7 Å². The van der Waals surface area contributed by atoms with Crippen LogP contribution >= 0.6 is 23.4 Å². The van der Waals surface area contributed by atoms with Crippen LogP contribution in [0.25, 0.3) is 11.1 Å². The molecule has 2 atom stereocenters. The molecule has 1 aliphatic heterocycles. The lowest BCUT2D eigenvalue weighted by atomic mass is 10.1. The van der Waals surface area contributed by atoms with Crippen molar-refractivity contribution in [3.63, 3.8) is 0 Å². The summed E-state index contributed by atoms with van der Waals surface area (Å²) in [7, 11) is -3.37. The van der Waals surface area contributed by atoms with Crippen LogP contribution in [0.4, 0.5) is 0 Å². The largest absolute Gasteiger partial charge is 0.288 e. The third-order valence-electron chi connectivity index (χ3n) is 4.33. The maximum Gasteiger partial charge on any atom is 0.178 e. The molecule has 3 rings (SSSR count). The van der Waals surface area contributed by atoms with E-state index in [9.17, 15) is 13.6 Å². The summed E-state index contributed by atoms with van der Waals surface area (Å²) in [6.07, 6.45) is 7.08. The van der Waals surface area contributed by atoms with Crippen LogP contribution in [0.5, 0.6) is 0 Å². The third-order valence-corrected chi connectivity index (χ3v) is 8.06. The quantitative estimate of drug-likeness (QED) is 0.643. The average Bonchev–Trinajstić information content (AvgIpc) is 2.68. The van der Waals surface area contributed by atoms with Crippen molar-refractivity contribution in [2.24, 2.45) is 5.92 Å². The monoisotopic (exact) mass is 435 g/mol. The highest BCUT2D eigenvalue weighted by atomic mass is 35.5. The van der Waals surface area contributed by atoms with Crippen LogP contribution < -0.4 is 0 Å². The summed E-state index contributed by atoms with van der Waals surface area (Å²) in [5.41, 5.74) is 1.93. The second-order valence-electron chi connectivity index (χ2n) is 6.75. The minimum Gasteiger partial charge on any atom is -0.288 e. The van der Waals surface area contributed by atoms with Gasteiger partial charge in [0.15, 0.2) is 9.84 Å². The Morgan fingerprint density at radius 1 is 1.07 bits per heavy atom. The average molecular weight is 436 g/mol. The number of sulfone groups is 1. The van der Waals surface area contributed by atoms with Gasteiger partial charge in [-0.1, -0.05) is 48.9 Å². The highest BCUT2D eigenvalue weighted by Crippen LogP contribution is 2.26. The second-order valence-corrected chi connectivity index (χ2v) is 10.4. The minimum absolute atomic E-state index is 0.0429. The summed E-state index contributed by atoms with van der Waals surface area (Å²) >= 11 is 7.42. The Hall–Kier alpha value is -1.73. The minimum atomic E-state index is -3.37. The van der Waals surface area contributed by atoms with Crippen molar-refractivity contribution < 1.29 is 13.6 Å².